The highest BCUT2D eigenvalue weighted by atomic mass is 32.2. The summed E-state index contributed by atoms with van der Waals surface area (Å²) in [5.74, 6) is 0.0982. The molecule has 0 heterocycles. The Balaban J connectivity index is 2.24. The summed E-state index contributed by atoms with van der Waals surface area (Å²) in [6, 6.07) is 6.56. The van der Waals surface area contributed by atoms with Crippen molar-refractivity contribution in [3.05, 3.63) is 45.4 Å². The molecule has 0 saturated carbocycles. The zero-order valence-corrected chi connectivity index (χ0v) is 9.20. The predicted molar refractivity (Wildman–Crippen MR) is 61.3 cm³/mol. The van der Waals surface area contributed by atoms with Crippen LogP contribution in [0, 0.1) is 10.1 Å². The molecule has 5 heteroatoms. The van der Waals surface area contributed by atoms with E-state index >= 15 is 0 Å². The van der Waals surface area contributed by atoms with E-state index in [4.69, 9.17) is 0 Å². The number of para-hydroxylation sites is 1. The first-order valence-corrected chi connectivity index (χ1v) is 5.63. The Morgan fingerprint density at radius 2 is 2.00 bits per heavy atom. The monoisotopic (exact) mass is 235 g/mol. The number of hydrogen-bond acceptors (Lipinski definition) is 4. The van der Waals surface area contributed by atoms with Crippen LogP contribution in [0.1, 0.15) is 12.8 Å². The molecule has 1 aromatic rings. The predicted octanol–water partition coefficient (Wildman–Crippen LogP) is 2.93. The van der Waals surface area contributed by atoms with E-state index < -0.39 is 4.92 Å². The summed E-state index contributed by atoms with van der Waals surface area (Å²) >= 11 is 1.31. The van der Waals surface area contributed by atoms with Gasteiger partial charge >= 0.3 is 0 Å². The Kier molecular flexibility index (Phi) is 3.05. The Morgan fingerprint density at radius 1 is 1.25 bits per heavy atom. The molecule has 82 valence electrons. The van der Waals surface area contributed by atoms with E-state index in [9.17, 15) is 14.9 Å². The third-order valence-corrected chi connectivity index (χ3v) is 3.39. The van der Waals surface area contributed by atoms with Crippen LogP contribution in [0.15, 0.2) is 40.1 Å². The van der Waals surface area contributed by atoms with Gasteiger partial charge in [-0.05, 0) is 23.5 Å². The van der Waals surface area contributed by atoms with Gasteiger partial charge in [-0.2, -0.15) is 0 Å². The van der Waals surface area contributed by atoms with Crippen LogP contribution >= 0.6 is 11.8 Å². The van der Waals surface area contributed by atoms with Crippen LogP contribution in [0.5, 0.6) is 0 Å². The molecular formula is C11H9NO3S. The molecule has 0 aromatic heterocycles. The van der Waals surface area contributed by atoms with E-state index in [1.807, 2.05) is 0 Å². The van der Waals surface area contributed by atoms with Crippen LogP contribution in [-0.2, 0) is 4.79 Å². The molecule has 0 N–H and O–H groups in total. The van der Waals surface area contributed by atoms with E-state index in [0.717, 1.165) is 4.91 Å². The van der Waals surface area contributed by atoms with E-state index in [-0.39, 0.29) is 11.5 Å². The van der Waals surface area contributed by atoms with Gasteiger partial charge in [0.15, 0.2) is 5.78 Å². The zero-order chi connectivity index (χ0) is 11.5. The molecule has 16 heavy (non-hydrogen) atoms. The summed E-state index contributed by atoms with van der Waals surface area (Å²) in [4.78, 5) is 22.9. The van der Waals surface area contributed by atoms with Gasteiger partial charge in [-0.15, -0.1) is 0 Å². The summed E-state index contributed by atoms with van der Waals surface area (Å²) in [6.07, 6.45) is 2.78. The standard InChI is InChI=1S/C11H9NO3S/c13-8-5-6-9(7-8)16-11-4-2-1-3-10(11)12(14)15/h1-4,7H,5-6H2. The van der Waals surface area contributed by atoms with Crippen molar-refractivity contribution in [2.75, 3.05) is 0 Å². The van der Waals surface area contributed by atoms with Crippen molar-refractivity contribution in [3.8, 4) is 0 Å². The van der Waals surface area contributed by atoms with Crippen LogP contribution in [0.2, 0.25) is 0 Å². The molecule has 0 spiro atoms. The lowest BCUT2D eigenvalue weighted by molar-refractivity contribution is -0.387. The average molecular weight is 235 g/mol. The third kappa shape index (κ3) is 2.30. The summed E-state index contributed by atoms with van der Waals surface area (Å²) in [7, 11) is 0. The highest BCUT2D eigenvalue weighted by Gasteiger charge is 2.18. The fraction of sp³-hybridized carbons (Fsp3) is 0.182. The summed E-state index contributed by atoms with van der Waals surface area (Å²) < 4.78 is 0. The molecule has 0 unspecified atom stereocenters. The Hall–Kier alpha value is -1.62. The molecule has 0 amide bonds. The minimum atomic E-state index is -0.403. The van der Waals surface area contributed by atoms with Crippen molar-refractivity contribution in [1.82, 2.24) is 0 Å². The van der Waals surface area contributed by atoms with E-state index in [2.05, 4.69) is 0 Å². The van der Waals surface area contributed by atoms with Crippen LogP contribution in [0.4, 0.5) is 5.69 Å². The Morgan fingerprint density at radius 3 is 2.62 bits per heavy atom. The number of nitro groups is 1. The number of nitrogens with zero attached hydrogens (tertiary/aromatic N) is 1. The SMILES string of the molecule is O=C1C=C(Sc2ccccc2[N+](=O)[O-])CC1. The van der Waals surface area contributed by atoms with Gasteiger partial charge in [0.2, 0.25) is 0 Å². The summed E-state index contributed by atoms with van der Waals surface area (Å²) in [5.41, 5.74) is 0.0905. The Bertz CT molecular complexity index is 482. The van der Waals surface area contributed by atoms with Gasteiger partial charge < -0.3 is 0 Å². The van der Waals surface area contributed by atoms with Gasteiger partial charge in [-0.1, -0.05) is 23.9 Å². The molecule has 0 saturated heterocycles. The minimum Gasteiger partial charge on any atom is -0.295 e. The average Bonchev–Trinajstić information content (AvgIpc) is 2.64. The zero-order valence-electron chi connectivity index (χ0n) is 8.38. The largest absolute Gasteiger partial charge is 0.295 e. The van der Waals surface area contributed by atoms with Gasteiger partial charge in [0.05, 0.1) is 9.82 Å². The lowest BCUT2D eigenvalue weighted by Crippen LogP contribution is -1.89. The second-order valence-corrected chi connectivity index (χ2v) is 4.57. The molecule has 2 rings (SSSR count). The maximum atomic E-state index is 11.0. The van der Waals surface area contributed by atoms with E-state index in [1.54, 1.807) is 24.3 Å². The maximum absolute atomic E-state index is 11.0. The van der Waals surface area contributed by atoms with Gasteiger partial charge in [0.1, 0.15) is 0 Å². The molecule has 1 aromatic carbocycles. The first-order chi connectivity index (χ1) is 7.66. The van der Waals surface area contributed by atoms with Crippen molar-refractivity contribution >= 4 is 23.2 Å². The van der Waals surface area contributed by atoms with E-state index in [1.165, 1.54) is 17.8 Å². The molecule has 0 radical (unpaired) electrons. The van der Waals surface area contributed by atoms with Gasteiger partial charge in [-0.3, -0.25) is 14.9 Å². The normalized spacial score (nSPS) is 15.0. The number of ketones is 1. The molecular weight excluding hydrogens is 226 g/mol. The number of thioether (sulfide) groups is 1. The van der Waals surface area contributed by atoms with Crippen molar-refractivity contribution in [2.45, 2.75) is 17.7 Å². The van der Waals surface area contributed by atoms with Crippen LogP contribution in [0.25, 0.3) is 0 Å². The van der Waals surface area contributed by atoms with Crippen molar-refractivity contribution < 1.29 is 9.72 Å². The number of carbonyl (C=O) groups is 1. The summed E-state index contributed by atoms with van der Waals surface area (Å²) in [5, 5.41) is 10.8. The molecule has 0 fully saturated rings. The van der Waals surface area contributed by atoms with Crippen molar-refractivity contribution in [2.24, 2.45) is 0 Å². The molecule has 4 nitrogen and oxygen atoms in total. The van der Waals surface area contributed by atoms with Crippen LogP contribution < -0.4 is 0 Å². The number of hydrogen-bond donors (Lipinski definition) is 0. The maximum Gasteiger partial charge on any atom is 0.283 e. The third-order valence-electron chi connectivity index (χ3n) is 2.24. The van der Waals surface area contributed by atoms with Crippen LogP contribution in [-0.4, -0.2) is 10.7 Å². The van der Waals surface area contributed by atoms with Gasteiger partial charge in [0.25, 0.3) is 5.69 Å². The van der Waals surface area contributed by atoms with Crippen molar-refractivity contribution in [3.63, 3.8) is 0 Å². The highest BCUT2D eigenvalue weighted by molar-refractivity contribution is 8.03. The van der Waals surface area contributed by atoms with Gasteiger partial charge in [0, 0.05) is 12.5 Å². The smallest absolute Gasteiger partial charge is 0.283 e. The quantitative estimate of drug-likeness (QED) is 0.597. The number of carbonyl (C=O) groups excluding carboxylic acids is 1. The number of rotatable bonds is 3. The molecule has 1 aliphatic rings. The second kappa shape index (κ2) is 4.49. The Labute approximate surface area is 96.5 Å². The summed E-state index contributed by atoms with van der Waals surface area (Å²) in [6.45, 7) is 0. The van der Waals surface area contributed by atoms with E-state index in [0.29, 0.717) is 17.7 Å². The first kappa shape index (κ1) is 10.9. The lowest BCUT2D eigenvalue weighted by atomic mass is 10.3. The fourth-order valence-electron chi connectivity index (χ4n) is 1.49. The second-order valence-electron chi connectivity index (χ2n) is 3.40. The first-order valence-electron chi connectivity index (χ1n) is 4.81. The highest BCUT2D eigenvalue weighted by Crippen LogP contribution is 2.37. The molecule has 1 aliphatic carbocycles. The van der Waals surface area contributed by atoms with Crippen molar-refractivity contribution in [1.29, 1.82) is 0 Å². The number of benzene rings is 1. The molecule has 0 aliphatic heterocycles. The topological polar surface area (TPSA) is 60.2 Å². The molecule has 0 bridgehead atoms. The lowest BCUT2D eigenvalue weighted by Gasteiger charge is -2.02. The molecule has 0 atom stereocenters. The van der Waals surface area contributed by atoms with Crippen LogP contribution in [0.3, 0.4) is 0 Å². The fourth-order valence-corrected chi connectivity index (χ4v) is 2.56. The minimum absolute atomic E-state index is 0.0905. The van der Waals surface area contributed by atoms with Gasteiger partial charge in [-0.25, -0.2) is 0 Å². The number of nitro benzene ring substituents is 1. The number of allylic oxidation sites excluding steroid dienone is 2.